The first-order valence-corrected chi connectivity index (χ1v) is 8.19. The lowest BCUT2D eigenvalue weighted by atomic mass is 10.2. The summed E-state index contributed by atoms with van der Waals surface area (Å²) in [7, 11) is 0. The summed E-state index contributed by atoms with van der Waals surface area (Å²) in [6, 6.07) is 26.1. The molecule has 0 aliphatic rings. The van der Waals surface area contributed by atoms with Crippen LogP contribution >= 0.6 is 23.4 Å². The van der Waals surface area contributed by atoms with Crippen LogP contribution in [0.5, 0.6) is 5.75 Å². The van der Waals surface area contributed by atoms with Gasteiger partial charge < -0.3 is 4.74 Å². The predicted octanol–water partition coefficient (Wildman–Crippen LogP) is 6.07. The van der Waals surface area contributed by atoms with E-state index in [1.54, 1.807) is 11.8 Å². The predicted molar refractivity (Wildman–Crippen MR) is 92.8 cm³/mol. The Morgan fingerprint density at radius 3 is 2.27 bits per heavy atom. The minimum Gasteiger partial charge on any atom is -0.489 e. The van der Waals surface area contributed by atoms with Crippen LogP contribution in [0.3, 0.4) is 0 Å². The Morgan fingerprint density at radius 1 is 0.773 bits per heavy atom. The molecule has 1 nitrogen and oxygen atoms in total. The van der Waals surface area contributed by atoms with Crippen molar-refractivity contribution in [3.05, 3.63) is 89.4 Å². The van der Waals surface area contributed by atoms with Crippen molar-refractivity contribution in [2.24, 2.45) is 0 Å². The molecule has 0 N–H and O–H groups in total. The molecule has 0 unspecified atom stereocenters. The maximum atomic E-state index is 6.00. The molecular weight excluding hydrogens is 312 g/mol. The Morgan fingerprint density at radius 2 is 1.55 bits per heavy atom. The zero-order valence-electron chi connectivity index (χ0n) is 11.9. The van der Waals surface area contributed by atoms with Gasteiger partial charge in [-0.3, -0.25) is 0 Å². The van der Waals surface area contributed by atoms with Crippen molar-refractivity contribution in [2.45, 2.75) is 16.4 Å². The van der Waals surface area contributed by atoms with Crippen LogP contribution in [-0.2, 0) is 6.61 Å². The summed E-state index contributed by atoms with van der Waals surface area (Å²) in [5, 5.41) is 0.757. The van der Waals surface area contributed by atoms with E-state index in [4.69, 9.17) is 16.3 Å². The lowest BCUT2D eigenvalue weighted by Crippen LogP contribution is -1.94. The molecule has 0 fully saturated rings. The van der Waals surface area contributed by atoms with Gasteiger partial charge in [0.15, 0.2) is 0 Å². The zero-order chi connectivity index (χ0) is 15.2. The third kappa shape index (κ3) is 4.30. The van der Waals surface area contributed by atoms with E-state index in [0.29, 0.717) is 6.61 Å². The Bertz CT molecular complexity index is 726. The van der Waals surface area contributed by atoms with Crippen molar-refractivity contribution < 1.29 is 4.74 Å². The molecule has 0 bridgehead atoms. The number of hydrogen-bond donors (Lipinski definition) is 0. The van der Waals surface area contributed by atoms with E-state index >= 15 is 0 Å². The number of halogens is 1. The van der Waals surface area contributed by atoms with Crippen LogP contribution < -0.4 is 4.74 Å². The third-order valence-electron chi connectivity index (χ3n) is 3.10. The standard InChI is InChI=1S/C19H15ClOS/c20-16-7-4-8-19(13-16)22-18-11-9-17(10-12-18)21-14-15-5-2-1-3-6-15/h1-13H,14H2. The second-order valence-electron chi connectivity index (χ2n) is 4.81. The number of benzene rings is 3. The van der Waals surface area contributed by atoms with E-state index in [1.807, 2.05) is 48.5 Å². The van der Waals surface area contributed by atoms with Crippen LogP contribution in [0.25, 0.3) is 0 Å². The highest BCUT2D eigenvalue weighted by Gasteiger charge is 2.00. The summed E-state index contributed by atoms with van der Waals surface area (Å²) >= 11 is 7.69. The molecule has 3 heteroatoms. The Hall–Kier alpha value is -1.90. The van der Waals surface area contributed by atoms with Crippen molar-refractivity contribution in [1.29, 1.82) is 0 Å². The van der Waals surface area contributed by atoms with Gasteiger partial charge in [-0.15, -0.1) is 0 Å². The summed E-state index contributed by atoms with van der Waals surface area (Å²) in [4.78, 5) is 2.29. The molecule has 22 heavy (non-hydrogen) atoms. The summed E-state index contributed by atoms with van der Waals surface area (Å²) < 4.78 is 5.79. The van der Waals surface area contributed by atoms with Gasteiger partial charge in [-0.05, 0) is 48.0 Å². The Balaban J connectivity index is 1.60. The first kappa shape index (κ1) is 15.0. The van der Waals surface area contributed by atoms with Crippen molar-refractivity contribution in [3.8, 4) is 5.75 Å². The minimum atomic E-state index is 0.585. The normalized spacial score (nSPS) is 10.4. The topological polar surface area (TPSA) is 9.23 Å². The van der Waals surface area contributed by atoms with Gasteiger partial charge in [-0.25, -0.2) is 0 Å². The average Bonchev–Trinajstić information content (AvgIpc) is 2.55. The Labute approximate surface area is 139 Å². The first-order valence-electron chi connectivity index (χ1n) is 7.00. The fourth-order valence-corrected chi connectivity index (χ4v) is 3.14. The van der Waals surface area contributed by atoms with Crippen molar-refractivity contribution >= 4 is 23.4 Å². The second kappa shape index (κ2) is 7.39. The van der Waals surface area contributed by atoms with Crippen LogP contribution in [0.1, 0.15) is 5.56 Å². The first-order chi connectivity index (χ1) is 10.8. The summed E-state index contributed by atoms with van der Waals surface area (Å²) in [6.07, 6.45) is 0. The lowest BCUT2D eigenvalue weighted by molar-refractivity contribution is 0.306. The molecule has 0 aliphatic heterocycles. The van der Waals surface area contributed by atoms with E-state index in [-0.39, 0.29) is 0 Å². The number of ether oxygens (including phenoxy) is 1. The molecular formula is C19H15ClOS. The van der Waals surface area contributed by atoms with Gasteiger partial charge >= 0.3 is 0 Å². The van der Waals surface area contributed by atoms with E-state index in [0.717, 1.165) is 20.6 Å². The zero-order valence-corrected chi connectivity index (χ0v) is 13.5. The molecule has 0 atom stereocenters. The molecule has 0 saturated heterocycles. The minimum absolute atomic E-state index is 0.585. The summed E-state index contributed by atoms with van der Waals surface area (Å²) in [5.41, 5.74) is 1.17. The van der Waals surface area contributed by atoms with Gasteiger partial charge in [-0.2, -0.15) is 0 Å². The van der Waals surface area contributed by atoms with Crippen molar-refractivity contribution in [1.82, 2.24) is 0 Å². The molecule has 0 amide bonds. The fourth-order valence-electron chi connectivity index (χ4n) is 2.01. The number of hydrogen-bond acceptors (Lipinski definition) is 2. The molecule has 110 valence electrons. The highest BCUT2D eigenvalue weighted by atomic mass is 35.5. The lowest BCUT2D eigenvalue weighted by Gasteiger charge is -2.07. The highest BCUT2D eigenvalue weighted by Crippen LogP contribution is 2.30. The monoisotopic (exact) mass is 326 g/mol. The van der Waals surface area contributed by atoms with Crippen molar-refractivity contribution in [2.75, 3.05) is 0 Å². The van der Waals surface area contributed by atoms with E-state index in [1.165, 1.54) is 5.56 Å². The fraction of sp³-hybridized carbons (Fsp3) is 0.0526. The van der Waals surface area contributed by atoms with Gasteiger partial charge in [0, 0.05) is 14.8 Å². The van der Waals surface area contributed by atoms with Gasteiger partial charge in [0.25, 0.3) is 0 Å². The molecule has 0 saturated carbocycles. The molecule has 0 heterocycles. The second-order valence-corrected chi connectivity index (χ2v) is 6.39. The third-order valence-corrected chi connectivity index (χ3v) is 4.34. The molecule has 0 aromatic heterocycles. The molecule has 3 rings (SSSR count). The van der Waals surface area contributed by atoms with Gasteiger partial charge in [0.2, 0.25) is 0 Å². The molecule has 0 aliphatic carbocycles. The largest absolute Gasteiger partial charge is 0.489 e. The molecule has 0 spiro atoms. The molecule has 3 aromatic rings. The maximum absolute atomic E-state index is 6.00. The van der Waals surface area contributed by atoms with Crippen LogP contribution in [-0.4, -0.2) is 0 Å². The maximum Gasteiger partial charge on any atom is 0.119 e. The van der Waals surface area contributed by atoms with Crippen LogP contribution in [0, 0.1) is 0 Å². The van der Waals surface area contributed by atoms with Crippen molar-refractivity contribution in [3.63, 3.8) is 0 Å². The van der Waals surface area contributed by atoms with Crippen LogP contribution in [0.4, 0.5) is 0 Å². The van der Waals surface area contributed by atoms with E-state index in [2.05, 4.69) is 30.3 Å². The average molecular weight is 327 g/mol. The number of rotatable bonds is 5. The van der Waals surface area contributed by atoms with Gasteiger partial charge in [0.1, 0.15) is 12.4 Å². The van der Waals surface area contributed by atoms with Crippen LogP contribution in [0.2, 0.25) is 5.02 Å². The Kier molecular flexibility index (Phi) is 5.04. The van der Waals surface area contributed by atoms with Crippen LogP contribution in [0.15, 0.2) is 88.7 Å². The van der Waals surface area contributed by atoms with E-state index in [9.17, 15) is 0 Å². The SMILES string of the molecule is Clc1cccc(Sc2ccc(OCc3ccccc3)cc2)c1. The smallest absolute Gasteiger partial charge is 0.119 e. The van der Waals surface area contributed by atoms with Gasteiger partial charge in [0.05, 0.1) is 0 Å². The summed E-state index contributed by atoms with van der Waals surface area (Å²) in [6.45, 7) is 0.585. The quantitative estimate of drug-likeness (QED) is 0.562. The summed E-state index contributed by atoms with van der Waals surface area (Å²) in [5.74, 6) is 0.874. The molecule has 0 radical (unpaired) electrons. The van der Waals surface area contributed by atoms with Gasteiger partial charge in [-0.1, -0.05) is 59.8 Å². The van der Waals surface area contributed by atoms with E-state index < -0.39 is 0 Å². The molecule has 3 aromatic carbocycles. The highest BCUT2D eigenvalue weighted by molar-refractivity contribution is 7.99.